The third-order valence-corrected chi connectivity index (χ3v) is 4.62. The van der Waals surface area contributed by atoms with Crippen LogP contribution in [-0.4, -0.2) is 35.9 Å². The molecule has 0 aromatic heterocycles. The van der Waals surface area contributed by atoms with Crippen molar-refractivity contribution in [2.24, 2.45) is 0 Å². The van der Waals surface area contributed by atoms with E-state index in [0.29, 0.717) is 0 Å². The Morgan fingerprint density at radius 3 is 2.55 bits per heavy atom. The summed E-state index contributed by atoms with van der Waals surface area (Å²) in [6.07, 6.45) is 0.718. The number of carboxylic acid groups (broad SMARTS) is 1. The first-order valence-corrected chi connectivity index (χ1v) is 8.26. The van der Waals surface area contributed by atoms with E-state index in [0.717, 1.165) is 18.0 Å². The lowest BCUT2D eigenvalue weighted by molar-refractivity contribution is -0.390. The molecule has 0 fully saturated rings. The maximum absolute atomic E-state index is 11.6. The molecule has 110 valence electrons. The van der Waals surface area contributed by atoms with Crippen molar-refractivity contribution in [2.45, 2.75) is 28.4 Å². The largest absolute Gasteiger partial charge is 0.481 e. The zero-order chi connectivity index (χ0) is 15.5. The molecule has 1 aromatic carbocycles. The average molecular weight is 319 g/mol. The SMILES string of the molecule is CC(CC(=O)O)Sc1cccc(S(C)(=O)=O)c1[N+](=O)[O-]. The van der Waals surface area contributed by atoms with Gasteiger partial charge in [0.15, 0.2) is 9.84 Å². The zero-order valence-corrected chi connectivity index (χ0v) is 12.4. The number of benzene rings is 1. The highest BCUT2D eigenvalue weighted by atomic mass is 32.2. The summed E-state index contributed by atoms with van der Waals surface area (Å²) >= 11 is 0.970. The first-order chi connectivity index (χ1) is 9.12. The molecule has 7 nitrogen and oxygen atoms in total. The second-order valence-electron chi connectivity index (χ2n) is 4.16. The van der Waals surface area contributed by atoms with Gasteiger partial charge in [0, 0.05) is 11.5 Å². The fourth-order valence-corrected chi connectivity index (χ4v) is 3.62. The number of sulfone groups is 1. The van der Waals surface area contributed by atoms with Crippen molar-refractivity contribution in [3.63, 3.8) is 0 Å². The van der Waals surface area contributed by atoms with Gasteiger partial charge < -0.3 is 5.11 Å². The Morgan fingerprint density at radius 2 is 2.10 bits per heavy atom. The molecule has 1 rings (SSSR count). The fraction of sp³-hybridized carbons (Fsp3) is 0.364. The summed E-state index contributed by atoms with van der Waals surface area (Å²) in [5, 5.41) is 19.4. The highest BCUT2D eigenvalue weighted by Crippen LogP contribution is 2.37. The molecule has 9 heteroatoms. The topological polar surface area (TPSA) is 115 Å². The van der Waals surface area contributed by atoms with E-state index in [-0.39, 0.29) is 16.2 Å². The van der Waals surface area contributed by atoms with Gasteiger partial charge in [0.25, 0.3) is 0 Å². The van der Waals surface area contributed by atoms with Crippen LogP contribution in [-0.2, 0) is 14.6 Å². The summed E-state index contributed by atoms with van der Waals surface area (Å²) in [5.41, 5.74) is -0.503. The molecular weight excluding hydrogens is 306 g/mol. The summed E-state index contributed by atoms with van der Waals surface area (Å²) in [5.74, 6) is -1.02. The molecule has 1 unspecified atom stereocenters. The number of hydrogen-bond acceptors (Lipinski definition) is 6. The van der Waals surface area contributed by atoms with Gasteiger partial charge in [0.05, 0.1) is 16.2 Å². The fourth-order valence-electron chi connectivity index (χ4n) is 1.58. The normalized spacial score (nSPS) is 12.9. The quantitative estimate of drug-likeness (QED) is 0.484. The van der Waals surface area contributed by atoms with Gasteiger partial charge in [-0.25, -0.2) is 8.42 Å². The Labute approximate surface area is 120 Å². The van der Waals surface area contributed by atoms with Crippen molar-refractivity contribution in [3.8, 4) is 0 Å². The van der Waals surface area contributed by atoms with Crippen LogP contribution in [0.15, 0.2) is 28.0 Å². The lowest BCUT2D eigenvalue weighted by Gasteiger charge is -2.10. The molecule has 0 aliphatic heterocycles. The average Bonchev–Trinajstić information content (AvgIpc) is 2.25. The minimum Gasteiger partial charge on any atom is -0.481 e. The zero-order valence-electron chi connectivity index (χ0n) is 10.8. The number of thioether (sulfide) groups is 1. The molecule has 0 saturated heterocycles. The first kappa shape index (κ1) is 16.4. The van der Waals surface area contributed by atoms with Crippen LogP contribution >= 0.6 is 11.8 Å². The van der Waals surface area contributed by atoms with Gasteiger partial charge in [-0.15, -0.1) is 11.8 Å². The van der Waals surface area contributed by atoms with Crippen molar-refractivity contribution >= 4 is 33.3 Å². The van der Waals surface area contributed by atoms with Crippen LogP contribution in [0.5, 0.6) is 0 Å². The van der Waals surface area contributed by atoms with Crippen molar-refractivity contribution in [1.29, 1.82) is 0 Å². The van der Waals surface area contributed by atoms with E-state index in [4.69, 9.17) is 5.11 Å². The van der Waals surface area contributed by atoms with E-state index in [1.807, 2.05) is 0 Å². The highest BCUT2D eigenvalue weighted by molar-refractivity contribution is 8.00. The number of carboxylic acids is 1. The minimum atomic E-state index is -3.73. The molecule has 0 aliphatic carbocycles. The molecule has 0 heterocycles. The molecule has 0 amide bonds. The number of aliphatic carboxylic acids is 1. The maximum atomic E-state index is 11.6. The molecule has 0 bridgehead atoms. The number of carbonyl (C=O) groups is 1. The summed E-state index contributed by atoms with van der Waals surface area (Å²) < 4.78 is 23.1. The third-order valence-electron chi connectivity index (χ3n) is 2.33. The van der Waals surface area contributed by atoms with E-state index < -0.39 is 31.7 Å². The van der Waals surface area contributed by atoms with Gasteiger partial charge in [0.1, 0.15) is 4.90 Å². The molecule has 0 aliphatic rings. The lowest BCUT2D eigenvalue weighted by atomic mass is 10.3. The number of para-hydroxylation sites is 1. The molecule has 1 aromatic rings. The Hall–Kier alpha value is -1.61. The first-order valence-electron chi connectivity index (χ1n) is 5.49. The van der Waals surface area contributed by atoms with Crippen LogP contribution in [0.1, 0.15) is 13.3 Å². The predicted molar refractivity (Wildman–Crippen MR) is 73.8 cm³/mol. The van der Waals surface area contributed by atoms with Crippen LogP contribution in [0, 0.1) is 10.1 Å². The number of hydrogen-bond donors (Lipinski definition) is 1. The van der Waals surface area contributed by atoms with Crippen molar-refractivity contribution in [1.82, 2.24) is 0 Å². The van der Waals surface area contributed by atoms with Crippen molar-refractivity contribution < 1.29 is 23.2 Å². The van der Waals surface area contributed by atoms with Crippen LogP contribution in [0.25, 0.3) is 0 Å². The lowest BCUT2D eigenvalue weighted by Crippen LogP contribution is -2.08. The summed E-state index contributed by atoms with van der Waals surface area (Å²) in [6.45, 7) is 1.61. The van der Waals surface area contributed by atoms with Gasteiger partial charge in [-0.1, -0.05) is 13.0 Å². The second-order valence-corrected chi connectivity index (χ2v) is 7.62. The minimum absolute atomic E-state index is 0.145. The van der Waals surface area contributed by atoms with Crippen LogP contribution in [0.3, 0.4) is 0 Å². The molecule has 0 spiro atoms. The molecule has 0 radical (unpaired) electrons. The Balaban J connectivity index is 3.27. The van der Waals surface area contributed by atoms with E-state index in [1.165, 1.54) is 18.2 Å². The van der Waals surface area contributed by atoms with Gasteiger partial charge >= 0.3 is 11.7 Å². The Kier molecular flexibility index (Phi) is 5.12. The number of rotatable bonds is 6. The number of nitrogens with zero attached hydrogens (tertiary/aromatic N) is 1. The monoisotopic (exact) mass is 319 g/mol. The second kappa shape index (κ2) is 6.23. The van der Waals surface area contributed by atoms with Crippen LogP contribution < -0.4 is 0 Å². The van der Waals surface area contributed by atoms with Crippen LogP contribution in [0.2, 0.25) is 0 Å². The van der Waals surface area contributed by atoms with E-state index in [2.05, 4.69) is 0 Å². The third kappa shape index (κ3) is 4.20. The number of nitro groups is 1. The predicted octanol–water partition coefficient (Wildman–Crippen LogP) is 1.95. The summed E-state index contributed by atoms with van der Waals surface area (Å²) in [4.78, 5) is 20.7. The van der Waals surface area contributed by atoms with Gasteiger partial charge in [0.2, 0.25) is 0 Å². The van der Waals surface area contributed by atoms with E-state index in [9.17, 15) is 23.3 Å². The van der Waals surface area contributed by atoms with E-state index >= 15 is 0 Å². The Morgan fingerprint density at radius 1 is 1.50 bits per heavy atom. The summed E-state index contributed by atoms with van der Waals surface area (Å²) in [7, 11) is -3.73. The Bertz CT molecular complexity index is 640. The standard InChI is InChI=1S/C11H13NO6S2/c1-7(6-10(13)14)19-8-4-3-5-9(20(2,17)18)11(8)12(15)16/h3-5,7H,6H2,1-2H3,(H,13,14). The molecule has 0 saturated carbocycles. The molecule has 1 atom stereocenters. The van der Waals surface area contributed by atoms with Crippen molar-refractivity contribution in [3.05, 3.63) is 28.3 Å². The highest BCUT2D eigenvalue weighted by Gasteiger charge is 2.27. The van der Waals surface area contributed by atoms with Gasteiger partial charge in [-0.05, 0) is 12.1 Å². The summed E-state index contributed by atoms with van der Waals surface area (Å²) in [6, 6.07) is 3.98. The van der Waals surface area contributed by atoms with Crippen LogP contribution in [0.4, 0.5) is 5.69 Å². The smallest absolute Gasteiger partial charge is 0.304 e. The van der Waals surface area contributed by atoms with Crippen molar-refractivity contribution in [2.75, 3.05) is 6.26 Å². The maximum Gasteiger partial charge on any atom is 0.304 e. The van der Waals surface area contributed by atoms with Gasteiger partial charge in [-0.3, -0.25) is 14.9 Å². The number of nitro benzene ring substituents is 1. The molecular formula is C11H13NO6S2. The van der Waals surface area contributed by atoms with E-state index in [1.54, 1.807) is 6.92 Å². The molecule has 1 N–H and O–H groups in total. The van der Waals surface area contributed by atoms with Gasteiger partial charge in [-0.2, -0.15) is 0 Å². The molecule has 20 heavy (non-hydrogen) atoms.